The number of hydrogen-bond acceptors (Lipinski definition) is 4. The number of furan rings is 1. The predicted octanol–water partition coefficient (Wildman–Crippen LogP) is 1.98. The largest absolute Gasteiger partial charge is 0.467 e. The second kappa shape index (κ2) is 8.38. The molecule has 0 saturated heterocycles. The maximum absolute atomic E-state index is 11.9. The van der Waals surface area contributed by atoms with Crippen molar-refractivity contribution in [3.63, 3.8) is 0 Å². The molecule has 1 N–H and O–H groups in total. The maximum Gasteiger partial charge on any atom is 0.263 e. The summed E-state index contributed by atoms with van der Waals surface area (Å²) in [6, 6.07) is 5.37. The molecule has 1 amide bonds. The summed E-state index contributed by atoms with van der Waals surface area (Å²) in [5.74, 6) is 0.187. The molecule has 104 valence electrons. The average Bonchev–Trinajstić information content (AvgIpc) is 2.95. The Labute approximate surface area is 118 Å². The Morgan fingerprint density at radius 2 is 2.15 bits per heavy atom. The molecule has 0 saturated carbocycles. The number of carbonyl (C=O) groups is 1. The Balaban J connectivity index is 2.67. The first-order chi connectivity index (χ1) is 9.71. The van der Waals surface area contributed by atoms with Gasteiger partial charge in [0.1, 0.15) is 17.4 Å². The third-order valence-corrected chi connectivity index (χ3v) is 2.41. The summed E-state index contributed by atoms with van der Waals surface area (Å²) in [5.41, 5.74) is 0.0280. The molecular weight excluding hydrogens is 254 g/mol. The van der Waals surface area contributed by atoms with Gasteiger partial charge in [0.15, 0.2) is 0 Å². The van der Waals surface area contributed by atoms with Gasteiger partial charge in [-0.05, 0) is 12.1 Å². The van der Waals surface area contributed by atoms with E-state index in [0.717, 1.165) is 0 Å². The Bertz CT molecular complexity index is 514. The molecule has 20 heavy (non-hydrogen) atoms. The maximum atomic E-state index is 11.9. The molecule has 0 aliphatic carbocycles. The lowest BCUT2D eigenvalue weighted by molar-refractivity contribution is -0.117. The van der Waals surface area contributed by atoms with Gasteiger partial charge in [-0.25, -0.2) is 0 Å². The fraction of sp³-hybridized carbons (Fsp3) is 0.200. The van der Waals surface area contributed by atoms with Crippen molar-refractivity contribution in [2.24, 2.45) is 0 Å². The van der Waals surface area contributed by atoms with Crippen LogP contribution in [0.2, 0.25) is 0 Å². The zero-order chi connectivity index (χ0) is 14.8. The summed E-state index contributed by atoms with van der Waals surface area (Å²) in [5, 5.41) is 11.7. The van der Waals surface area contributed by atoms with Crippen molar-refractivity contribution in [1.82, 2.24) is 10.2 Å². The first kappa shape index (κ1) is 15.3. The molecule has 5 heteroatoms. The fourth-order valence-corrected chi connectivity index (χ4v) is 1.51. The first-order valence-corrected chi connectivity index (χ1v) is 6.09. The minimum absolute atomic E-state index is 0.0280. The second-order valence-corrected chi connectivity index (χ2v) is 3.95. The summed E-state index contributed by atoms with van der Waals surface area (Å²) in [6.07, 6.45) is 6.41. The molecule has 1 aromatic rings. The van der Waals surface area contributed by atoms with Crippen LogP contribution in [0.15, 0.2) is 59.9 Å². The summed E-state index contributed by atoms with van der Waals surface area (Å²) in [7, 11) is 0. The van der Waals surface area contributed by atoms with Crippen LogP contribution >= 0.6 is 0 Å². The molecular formula is C15H17N3O2. The highest BCUT2D eigenvalue weighted by Crippen LogP contribution is 2.02. The molecule has 0 fully saturated rings. The molecule has 0 aliphatic rings. The third kappa shape index (κ3) is 4.86. The number of hydrogen-bond donors (Lipinski definition) is 1. The molecule has 5 nitrogen and oxygen atoms in total. The molecule has 1 heterocycles. The fourth-order valence-electron chi connectivity index (χ4n) is 1.51. The van der Waals surface area contributed by atoms with Crippen LogP contribution in [0.5, 0.6) is 0 Å². The zero-order valence-electron chi connectivity index (χ0n) is 11.2. The van der Waals surface area contributed by atoms with Crippen LogP contribution < -0.4 is 5.32 Å². The van der Waals surface area contributed by atoms with Gasteiger partial charge in [-0.1, -0.05) is 12.2 Å². The molecule has 0 unspecified atom stereocenters. The van der Waals surface area contributed by atoms with Crippen molar-refractivity contribution in [3.8, 4) is 6.07 Å². The summed E-state index contributed by atoms with van der Waals surface area (Å²) in [6.45, 7) is 8.56. The second-order valence-electron chi connectivity index (χ2n) is 3.95. The van der Waals surface area contributed by atoms with Gasteiger partial charge in [0.05, 0.1) is 12.8 Å². The normalized spacial score (nSPS) is 10.4. The molecule has 0 aromatic carbocycles. The topological polar surface area (TPSA) is 69.3 Å². The van der Waals surface area contributed by atoms with Crippen LogP contribution in [0.1, 0.15) is 5.76 Å². The smallest absolute Gasteiger partial charge is 0.263 e. The van der Waals surface area contributed by atoms with E-state index in [1.165, 1.54) is 12.5 Å². The van der Waals surface area contributed by atoms with Crippen molar-refractivity contribution in [3.05, 3.63) is 61.2 Å². The Morgan fingerprint density at radius 1 is 1.45 bits per heavy atom. The van der Waals surface area contributed by atoms with Gasteiger partial charge >= 0.3 is 0 Å². The third-order valence-electron chi connectivity index (χ3n) is 2.41. The molecule has 0 radical (unpaired) electrons. The number of nitrogens with one attached hydrogen (secondary N) is 1. The van der Waals surface area contributed by atoms with Crippen LogP contribution in [-0.4, -0.2) is 23.9 Å². The van der Waals surface area contributed by atoms with Crippen molar-refractivity contribution in [2.75, 3.05) is 13.1 Å². The van der Waals surface area contributed by atoms with Gasteiger partial charge in [0.25, 0.3) is 5.91 Å². The molecule has 1 aromatic heterocycles. The molecule has 0 spiro atoms. The lowest BCUT2D eigenvalue weighted by Gasteiger charge is -2.16. The number of nitrogens with zero attached hydrogens (tertiary/aromatic N) is 2. The summed E-state index contributed by atoms with van der Waals surface area (Å²) in [4.78, 5) is 13.7. The van der Waals surface area contributed by atoms with Gasteiger partial charge < -0.3 is 14.6 Å². The molecule has 1 rings (SSSR count). The van der Waals surface area contributed by atoms with Crippen molar-refractivity contribution < 1.29 is 9.21 Å². The Morgan fingerprint density at radius 3 is 2.65 bits per heavy atom. The summed E-state index contributed by atoms with van der Waals surface area (Å²) < 4.78 is 5.10. The van der Waals surface area contributed by atoms with Crippen LogP contribution in [0.3, 0.4) is 0 Å². The van der Waals surface area contributed by atoms with E-state index in [-0.39, 0.29) is 12.1 Å². The zero-order valence-corrected chi connectivity index (χ0v) is 11.2. The standard InChI is InChI=1S/C15H17N3O2/c1-3-7-18(8-4-2)12-13(10-16)15(19)17-11-14-6-5-9-20-14/h3-6,9,12H,1-2,7-8,11H2,(H,17,19)/b13-12-. The number of rotatable bonds is 8. The Kier molecular flexibility index (Phi) is 6.42. The van der Waals surface area contributed by atoms with E-state index >= 15 is 0 Å². The molecule has 0 bridgehead atoms. The van der Waals surface area contributed by atoms with Crippen LogP contribution in [0.25, 0.3) is 0 Å². The van der Waals surface area contributed by atoms with Gasteiger partial charge in [-0.3, -0.25) is 4.79 Å². The van der Waals surface area contributed by atoms with E-state index in [2.05, 4.69) is 18.5 Å². The quantitative estimate of drug-likeness (QED) is 0.446. The minimum Gasteiger partial charge on any atom is -0.467 e. The van der Waals surface area contributed by atoms with Gasteiger partial charge in [0, 0.05) is 19.3 Å². The van der Waals surface area contributed by atoms with E-state index in [0.29, 0.717) is 18.8 Å². The number of carbonyl (C=O) groups excluding carboxylic acids is 1. The molecule has 0 aliphatic heterocycles. The van der Waals surface area contributed by atoms with E-state index < -0.39 is 5.91 Å². The van der Waals surface area contributed by atoms with Gasteiger partial charge in [-0.15, -0.1) is 13.2 Å². The highest BCUT2D eigenvalue weighted by atomic mass is 16.3. The van der Waals surface area contributed by atoms with E-state index in [1.54, 1.807) is 29.2 Å². The van der Waals surface area contributed by atoms with E-state index in [1.807, 2.05) is 6.07 Å². The van der Waals surface area contributed by atoms with Crippen molar-refractivity contribution >= 4 is 5.91 Å². The van der Waals surface area contributed by atoms with Crippen LogP contribution in [-0.2, 0) is 11.3 Å². The van der Waals surface area contributed by atoms with Crippen LogP contribution in [0, 0.1) is 11.3 Å². The lowest BCUT2D eigenvalue weighted by Crippen LogP contribution is -2.26. The van der Waals surface area contributed by atoms with Crippen LogP contribution in [0.4, 0.5) is 0 Å². The van der Waals surface area contributed by atoms with E-state index in [9.17, 15) is 4.79 Å². The highest BCUT2D eigenvalue weighted by Gasteiger charge is 2.10. The minimum atomic E-state index is -0.443. The van der Waals surface area contributed by atoms with Gasteiger partial charge in [0.2, 0.25) is 0 Å². The van der Waals surface area contributed by atoms with Crippen molar-refractivity contribution in [1.29, 1.82) is 5.26 Å². The SMILES string of the molecule is C=CCN(/C=C(/C#N)C(=O)NCc1ccco1)CC=C. The van der Waals surface area contributed by atoms with Crippen molar-refractivity contribution in [2.45, 2.75) is 6.54 Å². The highest BCUT2D eigenvalue weighted by molar-refractivity contribution is 5.97. The average molecular weight is 271 g/mol. The molecule has 0 atom stereocenters. The predicted molar refractivity (Wildman–Crippen MR) is 76.2 cm³/mol. The van der Waals surface area contributed by atoms with Gasteiger partial charge in [-0.2, -0.15) is 5.26 Å². The van der Waals surface area contributed by atoms with E-state index in [4.69, 9.17) is 9.68 Å². The monoisotopic (exact) mass is 271 g/mol. The number of amides is 1. The first-order valence-electron chi connectivity index (χ1n) is 6.09. The lowest BCUT2D eigenvalue weighted by atomic mass is 10.2. The number of nitriles is 1. The Hall–Kier alpha value is -2.74. The summed E-state index contributed by atoms with van der Waals surface area (Å²) >= 11 is 0.